The summed E-state index contributed by atoms with van der Waals surface area (Å²) in [5.74, 6) is 1.56. The van der Waals surface area contributed by atoms with Gasteiger partial charge in [-0.2, -0.15) is 0 Å². The Morgan fingerprint density at radius 1 is 1.25 bits per heavy atom. The van der Waals surface area contributed by atoms with E-state index in [1.165, 1.54) is 11.3 Å². The number of piperazine rings is 1. The fourth-order valence-corrected chi connectivity index (χ4v) is 4.20. The van der Waals surface area contributed by atoms with Gasteiger partial charge in [0.05, 0.1) is 39.3 Å². The zero-order valence-corrected chi connectivity index (χ0v) is 18.1. The third-order valence-corrected chi connectivity index (χ3v) is 5.73. The van der Waals surface area contributed by atoms with Crippen LogP contribution in [0.5, 0.6) is 0 Å². The van der Waals surface area contributed by atoms with E-state index in [1.54, 1.807) is 12.0 Å². The summed E-state index contributed by atoms with van der Waals surface area (Å²) in [4.78, 5) is 4.00. The fraction of sp³-hybridized carbons (Fsp3) is 0.650. The van der Waals surface area contributed by atoms with Crippen molar-refractivity contribution in [2.75, 3.05) is 44.8 Å². The van der Waals surface area contributed by atoms with E-state index >= 15 is 0 Å². The molecule has 0 bridgehead atoms. The molecule has 0 amide bonds. The number of aromatic nitrogens is 4. The van der Waals surface area contributed by atoms with Crippen LogP contribution in [0.1, 0.15) is 37.7 Å². The highest BCUT2D eigenvalue weighted by atomic mass is 35.5. The summed E-state index contributed by atoms with van der Waals surface area (Å²) in [6, 6.07) is 6.44. The second kappa shape index (κ2) is 9.67. The standard InChI is InChI=1S/C20H31ClN6O/c1-15(2)13-19(20-22-23-24-27(20)11-12-28-4)26-9-7-25(8-10-26)18-14-17(21)6-5-16(18)3/h5-6,14-15,19H,7-13H2,1-4H3/p+1/t19-/m1/s1. The quantitative estimate of drug-likeness (QED) is 0.722. The molecule has 1 N–H and O–H groups in total. The van der Waals surface area contributed by atoms with Gasteiger partial charge in [0.1, 0.15) is 6.04 Å². The lowest BCUT2D eigenvalue weighted by atomic mass is 10.0. The van der Waals surface area contributed by atoms with Crippen molar-refractivity contribution in [1.82, 2.24) is 20.2 Å². The van der Waals surface area contributed by atoms with Gasteiger partial charge in [0.15, 0.2) is 0 Å². The first kappa shape index (κ1) is 21.0. The number of halogens is 1. The van der Waals surface area contributed by atoms with E-state index in [0.717, 1.165) is 43.4 Å². The Bertz CT molecular complexity index is 757. The Morgan fingerprint density at radius 2 is 2.00 bits per heavy atom. The zero-order chi connectivity index (χ0) is 20.1. The van der Waals surface area contributed by atoms with Crippen LogP contribution in [0.4, 0.5) is 5.69 Å². The maximum absolute atomic E-state index is 6.23. The zero-order valence-electron chi connectivity index (χ0n) is 17.4. The number of quaternary nitrogens is 1. The summed E-state index contributed by atoms with van der Waals surface area (Å²) >= 11 is 6.23. The van der Waals surface area contributed by atoms with Crippen LogP contribution in [0.25, 0.3) is 0 Å². The van der Waals surface area contributed by atoms with Gasteiger partial charge in [-0.3, -0.25) is 0 Å². The minimum absolute atomic E-state index is 0.300. The number of hydrogen-bond acceptors (Lipinski definition) is 5. The van der Waals surface area contributed by atoms with Crippen molar-refractivity contribution in [2.45, 2.75) is 39.8 Å². The van der Waals surface area contributed by atoms with Crippen LogP contribution in [0.15, 0.2) is 18.2 Å². The van der Waals surface area contributed by atoms with Crippen LogP contribution in [0, 0.1) is 12.8 Å². The molecule has 1 saturated heterocycles. The summed E-state index contributed by atoms with van der Waals surface area (Å²) in [6.45, 7) is 12.1. The first-order chi connectivity index (χ1) is 13.5. The fourth-order valence-electron chi connectivity index (χ4n) is 4.03. The number of anilines is 1. The normalized spacial score (nSPS) is 16.7. The molecule has 1 atom stereocenters. The number of methoxy groups -OCH3 is 1. The first-order valence-corrected chi connectivity index (χ1v) is 10.5. The van der Waals surface area contributed by atoms with Crippen LogP contribution in [0.3, 0.4) is 0 Å². The predicted octanol–water partition coefficient (Wildman–Crippen LogP) is 1.77. The smallest absolute Gasteiger partial charge is 0.209 e. The highest BCUT2D eigenvalue weighted by Gasteiger charge is 2.33. The highest BCUT2D eigenvalue weighted by molar-refractivity contribution is 6.30. The van der Waals surface area contributed by atoms with E-state index in [-0.39, 0.29) is 0 Å². The van der Waals surface area contributed by atoms with Gasteiger partial charge in [0.2, 0.25) is 5.82 Å². The Morgan fingerprint density at radius 3 is 2.68 bits per heavy atom. The van der Waals surface area contributed by atoms with Gasteiger partial charge in [-0.25, -0.2) is 4.68 Å². The number of nitrogens with zero attached hydrogens (tertiary/aromatic N) is 5. The molecule has 0 aliphatic carbocycles. The number of tetrazole rings is 1. The van der Waals surface area contributed by atoms with Gasteiger partial charge in [-0.05, 0) is 41.0 Å². The minimum atomic E-state index is 0.300. The summed E-state index contributed by atoms with van der Waals surface area (Å²) in [7, 11) is 1.71. The number of rotatable bonds is 8. The molecule has 2 heterocycles. The first-order valence-electron chi connectivity index (χ1n) is 10.1. The molecule has 2 aromatic rings. The largest absolute Gasteiger partial charge is 0.383 e. The predicted molar refractivity (Wildman–Crippen MR) is 111 cm³/mol. The molecule has 0 unspecified atom stereocenters. The second-order valence-electron chi connectivity index (χ2n) is 8.01. The highest BCUT2D eigenvalue weighted by Crippen LogP contribution is 2.25. The average molecular weight is 408 g/mol. The lowest BCUT2D eigenvalue weighted by Gasteiger charge is -2.38. The van der Waals surface area contributed by atoms with Crippen molar-refractivity contribution in [3.8, 4) is 0 Å². The topological polar surface area (TPSA) is 60.5 Å². The molecule has 0 saturated carbocycles. The average Bonchev–Trinajstić information content (AvgIpc) is 3.14. The van der Waals surface area contributed by atoms with Crippen LogP contribution < -0.4 is 9.80 Å². The maximum atomic E-state index is 6.23. The second-order valence-corrected chi connectivity index (χ2v) is 8.45. The lowest BCUT2D eigenvalue weighted by molar-refractivity contribution is -0.934. The van der Waals surface area contributed by atoms with Crippen molar-refractivity contribution in [3.05, 3.63) is 34.6 Å². The van der Waals surface area contributed by atoms with Gasteiger partial charge in [-0.15, -0.1) is 5.10 Å². The van der Waals surface area contributed by atoms with Gasteiger partial charge in [0, 0.05) is 24.2 Å². The molecule has 3 rings (SSSR count). The van der Waals surface area contributed by atoms with Gasteiger partial charge >= 0.3 is 0 Å². The molecule has 1 aliphatic rings. The Labute approximate surface area is 172 Å². The van der Waals surface area contributed by atoms with Crippen molar-refractivity contribution in [3.63, 3.8) is 0 Å². The van der Waals surface area contributed by atoms with Crippen LogP contribution in [0.2, 0.25) is 5.02 Å². The molecule has 1 aliphatic heterocycles. The molecule has 7 nitrogen and oxygen atoms in total. The molecular formula is C20H32ClN6O+. The van der Waals surface area contributed by atoms with Crippen LogP contribution in [-0.4, -0.2) is 60.1 Å². The number of nitrogens with one attached hydrogen (secondary N) is 1. The summed E-state index contributed by atoms with van der Waals surface area (Å²) < 4.78 is 7.13. The van der Waals surface area contributed by atoms with Crippen molar-refractivity contribution < 1.29 is 9.64 Å². The van der Waals surface area contributed by atoms with Crippen molar-refractivity contribution in [2.24, 2.45) is 5.92 Å². The van der Waals surface area contributed by atoms with E-state index in [9.17, 15) is 0 Å². The monoisotopic (exact) mass is 407 g/mol. The van der Waals surface area contributed by atoms with Crippen molar-refractivity contribution in [1.29, 1.82) is 0 Å². The number of aryl methyl sites for hydroxylation is 1. The lowest BCUT2D eigenvalue weighted by Crippen LogP contribution is -3.15. The summed E-state index contributed by atoms with van der Waals surface area (Å²) in [6.07, 6.45) is 1.07. The minimum Gasteiger partial charge on any atom is -0.383 e. The molecule has 1 aromatic heterocycles. The Hall–Kier alpha value is -1.70. The van der Waals surface area contributed by atoms with E-state index in [0.29, 0.717) is 25.1 Å². The number of ether oxygens (including phenoxy) is 1. The van der Waals surface area contributed by atoms with Crippen LogP contribution in [-0.2, 0) is 11.3 Å². The molecule has 28 heavy (non-hydrogen) atoms. The molecule has 1 aromatic carbocycles. The Balaban J connectivity index is 1.73. The van der Waals surface area contributed by atoms with Gasteiger partial charge in [-0.1, -0.05) is 31.5 Å². The van der Waals surface area contributed by atoms with Gasteiger partial charge in [0.25, 0.3) is 0 Å². The molecule has 8 heteroatoms. The number of hydrogen-bond donors (Lipinski definition) is 1. The van der Waals surface area contributed by atoms with E-state index in [1.807, 2.05) is 10.7 Å². The van der Waals surface area contributed by atoms with E-state index < -0.39 is 0 Å². The van der Waals surface area contributed by atoms with Gasteiger partial charge < -0.3 is 14.5 Å². The van der Waals surface area contributed by atoms with E-state index in [4.69, 9.17) is 16.3 Å². The number of benzene rings is 1. The summed E-state index contributed by atoms with van der Waals surface area (Å²) in [5.41, 5.74) is 2.52. The third-order valence-electron chi connectivity index (χ3n) is 5.50. The van der Waals surface area contributed by atoms with Crippen molar-refractivity contribution >= 4 is 17.3 Å². The maximum Gasteiger partial charge on any atom is 0.209 e. The molecule has 154 valence electrons. The third kappa shape index (κ3) is 5.01. The Kier molecular flexibility index (Phi) is 7.26. The molecule has 0 radical (unpaired) electrons. The SMILES string of the molecule is COCCn1nnnc1[C@@H](CC(C)C)[NH+]1CCN(c2cc(Cl)ccc2C)CC1. The van der Waals surface area contributed by atoms with E-state index in [2.05, 4.69) is 53.3 Å². The summed E-state index contributed by atoms with van der Waals surface area (Å²) in [5, 5.41) is 13.3. The molecular weight excluding hydrogens is 376 g/mol. The molecule has 0 spiro atoms. The van der Waals surface area contributed by atoms with Crippen LogP contribution >= 0.6 is 11.6 Å². The molecule has 1 fully saturated rings.